The van der Waals surface area contributed by atoms with Gasteiger partial charge in [0.25, 0.3) is 0 Å². The number of carbonyl (C=O) groups excluding carboxylic acids is 2. The molecule has 2 aliphatic rings. The molecule has 4 heteroatoms. The summed E-state index contributed by atoms with van der Waals surface area (Å²) in [7, 11) is 0. The van der Waals surface area contributed by atoms with Crippen LogP contribution in [0.5, 0.6) is 0 Å². The third-order valence-electron chi connectivity index (χ3n) is 4.32. The predicted octanol–water partition coefficient (Wildman–Crippen LogP) is 2.22. The first-order valence-electron chi connectivity index (χ1n) is 8.05. The van der Waals surface area contributed by atoms with Crippen LogP contribution in [0.1, 0.15) is 31.2 Å². The molecule has 0 radical (unpaired) electrons. The van der Waals surface area contributed by atoms with E-state index >= 15 is 0 Å². The van der Waals surface area contributed by atoms with Crippen LogP contribution in [0.4, 0.5) is 0 Å². The Kier molecular flexibility index (Phi) is 4.56. The van der Waals surface area contributed by atoms with Crippen molar-refractivity contribution in [3.63, 3.8) is 0 Å². The van der Waals surface area contributed by atoms with Crippen LogP contribution >= 0.6 is 0 Å². The zero-order valence-electron chi connectivity index (χ0n) is 12.7. The maximum atomic E-state index is 12.2. The average molecular weight is 298 g/mol. The summed E-state index contributed by atoms with van der Waals surface area (Å²) in [5.41, 5.74) is 1.02. The predicted molar refractivity (Wildman–Crippen MR) is 85.9 cm³/mol. The number of piperidine rings is 1. The summed E-state index contributed by atoms with van der Waals surface area (Å²) in [6, 6.07) is 10.2. The minimum absolute atomic E-state index is 0.0323. The molecule has 0 atom stereocenters. The van der Waals surface area contributed by atoms with E-state index in [9.17, 15) is 9.59 Å². The zero-order chi connectivity index (χ0) is 15.4. The fraction of sp³-hybridized carbons (Fsp3) is 0.444. The lowest BCUT2D eigenvalue weighted by molar-refractivity contribution is -0.132. The number of likely N-dealkylation sites (tertiary alicyclic amines) is 1. The maximum Gasteiger partial charge on any atom is 0.246 e. The molecule has 1 aromatic carbocycles. The summed E-state index contributed by atoms with van der Waals surface area (Å²) >= 11 is 0. The highest BCUT2D eigenvalue weighted by Crippen LogP contribution is 2.22. The van der Waals surface area contributed by atoms with Gasteiger partial charge in [-0.25, -0.2) is 0 Å². The van der Waals surface area contributed by atoms with Gasteiger partial charge in [0, 0.05) is 31.1 Å². The van der Waals surface area contributed by atoms with Crippen molar-refractivity contribution in [3.05, 3.63) is 42.0 Å². The topological polar surface area (TPSA) is 49.4 Å². The summed E-state index contributed by atoms with van der Waals surface area (Å²) in [6.07, 6.45) is 7.24. The molecule has 1 aromatic rings. The van der Waals surface area contributed by atoms with Crippen LogP contribution in [0.3, 0.4) is 0 Å². The summed E-state index contributed by atoms with van der Waals surface area (Å²) in [4.78, 5) is 26.0. The molecule has 116 valence electrons. The summed E-state index contributed by atoms with van der Waals surface area (Å²) in [6.45, 7) is 1.33. The largest absolute Gasteiger partial charge is 0.353 e. The van der Waals surface area contributed by atoms with Gasteiger partial charge in [-0.15, -0.1) is 0 Å². The fourth-order valence-electron chi connectivity index (χ4n) is 2.75. The average Bonchev–Trinajstić information content (AvgIpc) is 3.37. The third-order valence-corrected chi connectivity index (χ3v) is 4.32. The zero-order valence-corrected chi connectivity index (χ0v) is 12.7. The van der Waals surface area contributed by atoms with Crippen molar-refractivity contribution in [3.8, 4) is 0 Å². The number of hydrogen-bond acceptors (Lipinski definition) is 2. The molecular weight excluding hydrogens is 276 g/mol. The lowest BCUT2D eigenvalue weighted by atomic mass is 9.96. The SMILES string of the molecule is O=C(NC1CC1)C1CCN(C(=O)/C=C/c2ccccc2)CC1. The lowest BCUT2D eigenvalue weighted by Gasteiger charge is -2.30. The van der Waals surface area contributed by atoms with Gasteiger partial charge in [-0.3, -0.25) is 9.59 Å². The number of rotatable bonds is 4. The Morgan fingerprint density at radius 1 is 1.05 bits per heavy atom. The van der Waals surface area contributed by atoms with Crippen LogP contribution in [0.2, 0.25) is 0 Å². The van der Waals surface area contributed by atoms with Gasteiger partial charge in [-0.1, -0.05) is 30.3 Å². The number of carbonyl (C=O) groups is 2. The van der Waals surface area contributed by atoms with Gasteiger partial charge in [-0.2, -0.15) is 0 Å². The van der Waals surface area contributed by atoms with Gasteiger partial charge < -0.3 is 10.2 Å². The summed E-state index contributed by atoms with van der Waals surface area (Å²) in [5, 5.41) is 3.06. The molecule has 1 saturated carbocycles. The van der Waals surface area contributed by atoms with E-state index in [2.05, 4.69) is 5.32 Å². The molecule has 4 nitrogen and oxygen atoms in total. The van der Waals surface area contributed by atoms with Crippen LogP contribution in [0, 0.1) is 5.92 Å². The second-order valence-electron chi connectivity index (χ2n) is 6.13. The molecule has 3 rings (SSSR count). The molecular formula is C18H22N2O2. The molecule has 1 N–H and O–H groups in total. The molecule has 1 heterocycles. The van der Waals surface area contributed by atoms with E-state index in [0.717, 1.165) is 31.2 Å². The van der Waals surface area contributed by atoms with Gasteiger partial charge in [-0.05, 0) is 37.3 Å². The van der Waals surface area contributed by atoms with E-state index < -0.39 is 0 Å². The van der Waals surface area contributed by atoms with Crippen LogP contribution < -0.4 is 5.32 Å². The third kappa shape index (κ3) is 3.97. The molecule has 1 saturated heterocycles. The van der Waals surface area contributed by atoms with Gasteiger partial charge in [0.15, 0.2) is 0 Å². The maximum absolute atomic E-state index is 12.2. The monoisotopic (exact) mass is 298 g/mol. The van der Waals surface area contributed by atoms with Crippen molar-refractivity contribution in [2.24, 2.45) is 5.92 Å². The molecule has 2 fully saturated rings. The number of benzene rings is 1. The fourth-order valence-corrected chi connectivity index (χ4v) is 2.75. The molecule has 0 unspecified atom stereocenters. The van der Waals surface area contributed by atoms with Gasteiger partial charge in [0.2, 0.25) is 11.8 Å². The Labute approximate surface area is 131 Å². The molecule has 0 aromatic heterocycles. The van der Waals surface area contributed by atoms with Gasteiger partial charge in [0.1, 0.15) is 0 Å². The van der Waals surface area contributed by atoms with E-state index in [0.29, 0.717) is 19.1 Å². The standard InChI is InChI=1S/C18H22N2O2/c21-17(9-6-14-4-2-1-3-5-14)20-12-10-15(11-13-20)18(22)19-16-7-8-16/h1-6,9,15-16H,7-8,10-13H2,(H,19,22)/b9-6+. The van der Waals surface area contributed by atoms with E-state index in [1.807, 2.05) is 41.3 Å². The van der Waals surface area contributed by atoms with Crippen LogP contribution in [0.25, 0.3) is 6.08 Å². The first-order chi connectivity index (χ1) is 10.7. The Morgan fingerprint density at radius 2 is 1.73 bits per heavy atom. The van der Waals surface area contributed by atoms with Gasteiger partial charge >= 0.3 is 0 Å². The number of hydrogen-bond donors (Lipinski definition) is 1. The Hall–Kier alpha value is -2.10. The normalized spacial score (nSPS) is 19.4. The second-order valence-corrected chi connectivity index (χ2v) is 6.13. The number of nitrogens with one attached hydrogen (secondary N) is 1. The first kappa shape index (κ1) is 14.8. The van der Waals surface area contributed by atoms with E-state index in [-0.39, 0.29) is 17.7 Å². The Morgan fingerprint density at radius 3 is 2.36 bits per heavy atom. The van der Waals surface area contributed by atoms with Crippen molar-refractivity contribution in [2.45, 2.75) is 31.7 Å². The number of amides is 2. The lowest BCUT2D eigenvalue weighted by Crippen LogP contribution is -2.42. The first-order valence-corrected chi connectivity index (χ1v) is 8.05. The van der Waals surface area contributed by atoms with Gasteiger partial charge in [0.05, 0.1) is 0 Å². The van der Waals surface area contributed by atoms with Crippen molar-refractivity contribution in [1.29, 1.82) is 0 Å². The highest BCUT2D eigenvalue weighted by Gasteiger charge is 2.30. The van der Waals surface area contributed by atoms with Crippen molar-refractivity contribution in [1.82, 2.24) is 10.2 Å². The van der Waals surface area contributed by atoms with Crippen LogP contribution in [-0.2, 0) is 9.59 Å². The second kappa shape index (κ2) is 6.77. The minimum atomic E-state index is 0.0323. The van der Waals surface area contributed by atoms with E-state index in [1.165, 1.54) is 0 Å². The molecule has 1 aliphatic carbocycles. The Balaban J connectivity index is 1.47. The molecule has 22 heavy (non-hydrogen) atoms. The van der Waals surface area contributed by atoms with Crippen molar-refractivity contribution < 1.29 is 9.59 Å². The van der Waals surface area contributed by atoms with Crippen LogP contribution in [-0.4, -0.2) is 35.8 Å². The van der Waals surface area contributed by atoms with Crippen molar-refractivity contribution in [2.75, 3.05) is 13.1 Å². The minimum Gasteiger partial charge on any atom is -0.353 e. The van der Waals surface area contributed by atoms with E-state index in [1.54, 1.807) is 6.08 Å². The smallest absolute Gasteiger partial charge is 0.246 e. The Bertz CT molecular complexity index is 556. The van der Waals surface area contributed by atoms with Crippen molar-refractivity contribution >= 4 is 17.9 Å². The summed E-state index contributed by atoms with van der Waals surface area (Å²) in [5.74, 6) is 0.280. The highest BCUT2D eigenvalue weighted by atomic mass is 16.2. The molecule has 0 bridgehead atoms. The van der Waals surface area contributed by atoms with E-state index in [4.69, 9.17) is 0 Å². The summed E-state index contributed by atoms with van der Waals surface area (Å²) < 4.78 is 0. The number of nitrogens with zero attached hydrogens (tertiary/aromatic N) is 1. The molecule has 2 amide bonds. The molecule has 0 spiro atoms. The highest BCUT2D eigenvalue weighted by molar-refractivity contribution is 5.92. The van der Waals surface area contributed by atoms with Crippen LogP contribution in [0.15, 0.2) is 36.4 Å². The quantitative estimate of drug-likeness (QED) is 0.867. The molecule has 1 aliphatic heterocycles.